The molecule has 78 valence electrons. The van der Waals surface area contributed by atoms with Gasteiger partial charge in [-0.2, -0.15) is 5.10 Å². The van der Waals surface area contributed by atoms with Gasteiger partial charge in [-0.3, -0.25) is 9.89 Å². The summed E-state index contributed by atoms with van der Waals surface area (Å²) < 4.78 is 4.98. The SMILES string of the molecule is COC(CN)CC(=O)Nc1ccn[nH]1. The Bertz CT molecular complexity index is 269. The van der Waals surface area contributed by atoms with Crippen molar-refractivity contribution in [1.29, 1.82) is 0 Å². The van der Waals surface area contributed by atoms with Gasteiger partial charge in [-0.1, -0.05) is 0 Å². The van der Waals surface area contributed by atoms with Crippen LogP contribution in [0.4, 0.5) is 5.82 Å². The van der Waals surface area contributed by atoms with E-state index in [0.717, 1.165) is 0 Å². The summed E-state index contributed by atoms with van der Waals surface area (Å²) in [4.78, 5) is 11.3. The molecule has 1 unspecified atom stereocenters. The quantitative estimate of drug-likeness (QED) is 0.606. The molecular formula is C8H14N4O2. The van der Waals surface area contributed by atoms with Crippen LogP contribution in [0, 0.1) is 0 Å². The van der Waals surface area contributed by atoms with E-state index in [1.54, 1.807) is 12.3 Å². The smallest absolute Gasteiger partial charge is 0.228 e. The van der Waals surface area contributed by atoms with Gasteiger partial charge in [0, 0.05) is 19.7 Å². The lowest BCUT2D eigenvalue weighted by Crippen LogP contribution is -2.28. The van der Waals surface area contributed by atoms with Crippen LogP contribution in [0.1, 0.15) is 6.42 Å². The minimum atomic E-state index is -0.238. The van der Waals surface area contributed by atoms with Crippen LogP contribution in [-0.2, 0) is 9.53 Å². The highest BCUT2D eigenvalue weighted by Gasteiger charge is 2.11. The van der Waals surface area contributed by atoms with E-state index in [-0.39, 0.29) is 18.4 Å². The molecule has 6 heteroatoms. The van der Waals surface area contributed by atoms with Crippen molar-refractivity contribution >= 4 is 11.7 Å². The number of methoxy groups -OCH3 is 1. The Hall–Kier alpha value is -1.40. The van der Waals surface area contributed by atoms with Crippen LogP contribution in [0.5, 0.6) is 0 Å². The van der Waals surface area contributed by atoms with Gasteiger partial charge in [-0.05, 0) is 0 Å². The third-order valence-corrected chi connectivity index (χ3v) is 1.78. The number of aromatic amines is 1. The third-order valence-electron chi connectivity index (χ3n) is 1.78. The van der Waals surface area contributed by atoms with Crippen molar-refractivity contribution in [2.75, 3.05) is 19.0 Å². The van der Waals surface area contributed by atoms with E-state index in [1.165, 1.54) is 7.11 Å². The summed E-state index contributed by atoms with van der Waals surface area (Å²) in [5, 5.41) is 8.95. The lowest BCUT2D eigenvalue weighted by molar-refractivity contribution is -0.118. The Morgan fingerprint density at radius 1 is 1.86 bits per heavy atom. The predicted molar refractivity (Wildman–Crippen MR) is 51.7 cm³/mol. The molecule has 0 bridgehead atoms. The van der Waals surface area contributed by atoms with Crippen molar-refractivity contribution < 1.29 is 9.53 Å². The van der Waals surface area contributed by atoms with E-state index in [9.17, 15) is 4.79 Å². The fraction of sp³-hybridized carbons (Fsp3) is 0.500. The molecule has 4 N–H and O–H groups in total. The molecule has 0 saturated heterocycles. The first-order valence-electron chi connectivity index (χ1n) is 4.28. The number of anilines is 1. The molecule has 1 aromatic heterocycles. The second-order valence-electron chi connectivity index (χ2n) is 2.82. The average molecular weight is 198 g/mol. The zero-order valence-corrected chi connectivity index (χ0v) is 7.99. The number of nitrogens with zero attached hydrogens (tertiary/aromatic N) is 1. The highest BCUT2D eigenvalue weighted by Crippen LogP contribution is 2.02. The number of aromatic nitrogens is 2. The summed E-state index contributed by atoms with van der Waals surface area (Å²) in [5.74, 6) is 0.424. The largest absolute Gasteiger partial charge is 0.380 e. The third kappa shape index (κ3) is 3.15. The molecule has 0 aliphatic rings. The van der Waals surface area contributed by atoms with Crippen molar-refractivity contribution in [3.63, 3.8) is 0 Å². The Kier molecular flexibility index (Phi) is 4.09. The van der Waals surface area contributed by atoms with E-state index in [1.807, 2.05) is 0 Å². The summed E-state index contributed by atoms with van der Waals surface area (Å²) in [5.41, 5.74) is 5.38. The van der Waals surface area contributed by atoms with E-state index in [4.69, 9.17) is 10.5 Å². The van der Waals surface area contributed by atoms with Crippen molar-refractivity contribution in [2.24, 2.45) is 5.73 Å². The molecular weight excluding hydrogens is 184 g/mol. The van der Waals surface area contributed by atoms with E-state index >= 15 is 0 Å². The molecule has 0 fully saturated rings. The van der Waals surface area contributed by atoms with Crippen LogP contribution in [0.3, 0.4) is 0 Å². The number of hydrogen-bond donors (Lipinski definition) is 3. The predicted octanol–water partition coefficient (Wildman–Crippen LogP) is -0.288. The normalized spacial score (nSPS) is 12.4. The Balaban J connectivity index is 2.35. The maximum Gasteiger partial charge on any atom is 0.228 e. The molecule has 0 spiro atoms. The Labute approximate surface area is 81.8 Å². The molecule has 0 aliphatic heterocycles. The second-order valence-corrected chi connectivity index (χ2v) is 2.82. The zero-order valence-electron chi connectivity index (χ0n) is 7.99. The van der Waals surface area contributed by atoms with Crippen LogP contribution in [0.25, 0.3) is 0 Å². The molecule has 1 amide bonds. The molecule has 0 saturated carbocycles. The van der Waals surface area contributed by atoms with E-state index < -0.39 is 0 Å². The molecule has 0 aromatic carbocycles. The Morgan fingerprint density at radius 3 is 3.14 bits per heavy atom. The maximum atomic E-state index is 11.3. The van der Waals surface area contributed by atoms with Crippen LogP contribution in [0.2, 0.25) is 0 Å². The summed E-state index contributed by atoms with van der Waals surface area (Å²) >= 11 is 0. The zero-order chi connectivity index (χ0) is 10.4. The summed E-state index contributed by atoms with van der Waals surface area (Å²) in [7, 11) is 1.53. The highest BCUT2D eigenvalue weighted by molar-refractivity contribution is 5.89. The topological polar surface area (TPSA) is 93.0 Å². The van der Waals surface area contributed by atoms with Crippen molar-refractivity contribution in [3.05, 3.63) is 12.3 Å². The molecule has 0 radical (unpaired) electrons. The van der Waals surface area contributed by atoms with Crippen LogP contribution in [-0.4, -0.2) is 35.9 Å². The number of carbonyl (C=O) groups excluding carboxylic acids is 1. The van der Waals surface area contributed by atoms with Gasteiger partial charge >= 0.3 is 0 Å². The van der Waals surface area contributed by atoms with Gasteiger partial charge in [0.15, 0.2) is 0 Å². The molecule has 1 aromatic rings. The van der Waals surface area contributed by atoms with Gasteiger partial charge in [0.2, 0.25) is 5.91 Å². The van der Waals surface area contributed by atoms with Crippen molar-refractivity contribution in [2.45, 2.75) is 12.5 Å². The minimum Gasteiger partial charge on any atom is -0.380 e. The summed E-state index contributed by atoms with van der Waals surface area (Å²) in [6.45, 7) is 0.326. The lowest BCUT2D eigenvalue weighted by Gasteiger charge is -2.11. The van der Waals surface area contributed by atoms with E-state index in [0.29, 0.717) is 12.4 Å². The highest BCUT2D eigenvalue weighted by atomic mass is 16.5. The number of nitrogens with one attached hydrogen (secondary N) is 2. The standard InChI is InChI=1S/C8H14N4O2/c1-14-6(5-9)4-8(13)11-7-2-3-10-12-7/h2-3,6H,4-5,9H2,1H3,(H2,10,11,12,13). The number of ether oxygens (including phenoxy) is 1. The number of nitrogens with two attached hydrogens (primary N) is 1. The first-order chi connectivity index (χ1) is 6.76. The van der Waals surface area contributed by atoms with Gasteiger partial charge in [0.25, 0.3) is 0 Å². The average Bonchev–Trinajstić information content (AvgIpc) is 2.66. The first kappa shape index (κ1) is 10.7. The molecule has 14 heavy (non-hydrogen) atoms. The fourth-order valence-electron chi connectivity index (χ4n) is 0.996. The van der Waals surface area contributed by atoms with Gasteiger partial charge in [0.1, 0.15) is 5.82 Å². The van der Waals surface area contributed by atoms with Gasteiger partial charge in [-0.15, -0.1) is 0 Å². The van der Waals surface area contributed by atoms with Crippen LogP contribution < -0.4 is 11.1 Å². The van der Waals surface area contributed by atoms with Crippen molar-refractivity contribution in [1.82, 2.24) is 10.2 Å². The monoisotopic (exact) mass is 198 g/mol. The summed E-state index contributed by atoms with van der Waals surface area (Å²) in [6.07, 6.45) is 1.57. The minimum absolute atomic E-state index is 0.147. The fourth-order valence-corrected chi connectivity index (χ4v) is 0.996. The summed E-state index contributed by atoms with van der Waals surface area (Å²) in [6, 6.07) is 1.67. The lowest BCUT2D eigenvalue weighted by atomic mass is 10.2. The number of rotatable bonds is 5. The molecule has 6 nitrogen and oxygen atoms in total. The number of amides is 1. The second kappa shape index (κ2) is 5.36. The number of hydrogen-bond acceptors (Lipinski definition) is 4. The van der Waals surface area contributed by atoms with Gasteiger partial charge in [-0.25, -0.2) is 0 Å². The molecule has 1 heterocycles. The van der Waals surface area contributed by atoms with Crippen LogP contribution in [0.15, 0.2) is 12.3 Å². The van der Waals surface area contributed by atoms with Gasteiger partial charge in [0.05, 0.1) is 18.7 Å². The molecule has 1 atom stereocenters. The Morgan fingerprint density at radius 2 is 2.64 bits per heavy atom. The maximum absolute atomic E-state index is 11.3. The first-order valence-corrected chi connectivity index (χ1v) is 4.28. The van der Waals surface area contributed by atoms with Crippen molar-refractivity contribution in [3.8, 4) is 0 Å². The van der Waals surface area contributed by atoms with Gasteiger partial charge < -0.3 is 15.8 Å². The molecule has 1 rings (SSSR count). The molecule has 0 aliphatic carbocycles. The number of carbonyl (C=O) groups is 1. The van der Waals surface area contributed by atoms with Crippen LogP contribution >= 0.6 is 0 Å². The van der Waals surface area contributed by atoms with E-state index in [2.05, 4.69) is 15.5 Å². The number of H-pyrrole nitrogens is 1.